The fourth-order valence-corrected chi connectivity index (χ4v) is 3.67. The summed E-state index contributed by atoms with van der Waals surface area (Å²) in [7, 11) is 0. The van der Waals surface area contributed by atoms with Crippen molar-refractivity contribution in [2.24, 2.45) is 0 Å². The van der Waals surface area contributed by atoms with Gasteiger partial charge < -0.3 is 9.73 Å². The number of rotatable bonds is 4. The number of aromatic nitrogens is 1. The van der Waals surface area contributed by atoms with Gasteiger partial charge in [-0.15, -0.1) is 0 Å². The van der Waals surface area contributed by atoms with Gasteiger partial charge in [0.2, 0.25) is 0 Å². The molecule has 1 N–H and O–H groups in total. The fourth-order valence-electron chi connectivity index (χ4n) is 2.43. The van der Waals surface area contributed by atoms with Gasteiger partial charge in [0, 0.05) is 11.3 Å². The van der Waals surface area contributed by atoms with Gasteiger partial charge in [0.25, 0.3) is 5.22 Å². The zero-order chi connectivity index (χ0) is 12.1. The largest absolute Gasteiger partial charge is 0.440 e. The first-order valence-electron chi connectivity index (χ1n) is 6.61. The van der Waals surface area contributed by atoms with Crippen LogP contribution in [0.2, 0.25) is 0 Å². The summed E-state index contributed by atoms with van der Waals surface area (Å²) >= 11 is 1.81. The fraction of sp³-hybridized carbons (Fsp3) is 0.769. The van der Waals surface area contributed by atoms with E-state index in [4.69, 9.17) is 4.42 Å². The molecule has 1 aromatic heterocycles. The van der Waals surface area contributed by atoms with Gasteiger partial charge in [0.05, 0.1) is 5.69 Å². The molecule has 2 rings (SSSR count). The van der Waals surface area contributed by atoms with Crippen LogP contribution in [0.4, 0.5) is 0 Å². The third-order valence-electron chi connectivity index (χ3n) is 3.27. The van der Waals surface area contributed by atoms with Gasteiger partial charge in [-0.05, 0) is 26.3 Å². The minimum Gasteiger partial charge on any atom is -0.440 e. The van der Waals surface area contributed by atoms with E-state index >= 15 is 0 Å². The maximum absolute atomic E-state index is 5.46. The summed E-state index contributed by atoms with van der Waals surface area (Å²) in [6.45, 7) is 5.21. The van der Waals surface area contributed by atoms with Crippen molar-refractivity contribution in [3.05, 3.63) is 12.0 Å². The molecule has 1 saturated carbocycles. The van der Waals surface area contributed by atoms with Gasteiger partial charge in [-0.25, -0.2) is 4.98 Å². The van der Waals surface area contributed by atoms with Crippen LogP contribution in [-0.4, -0.2) is 22.8 Å². The zero-order valence-corrected chi connectivity index (χ0v) is 11.6. The van der Waals surface area contributed by atoms with Crippen LogP contribution < -0.4 is 5.32 Å². The number of aryl methyl sites for hydroxylation is 1. The molecule has 1 fully saturated rings. The highest BCUT2D eigenvalue weighted by atomic mass is 32.2. The van der Waals surface area contributed by atoms with E-state index in [0.29, 0.717) is 11.3 Å². The molecule has 3 nitrogen and oxygen atoms in total. The molecule has 1 aliphatic rings. The van der Waals surface area contributed by atoms with Gasteiger partial charge in [-0.1, -0.05) is 37.9 Å². The van der Waals surface area contributed by atoms with Crippen molar-refractivity contribution < 1.29 is 4.42 Å². The lowest BCUT2D eigenvalue weighted by Gasteiger charge is -2.23. The van der Waals surface area contributed by atoms with E-state index in [-0.39, 0.29) is 0 Å². The minimum atomic E-state index is 0.607. The lowest BCUT2D eigenvalue weighted by atomic mass is 10.1. The molecule has 0 aromatic carbocycles. The standard InChI is InChI=1S/C13H22N2OS/c1-3-14-11-7-5-4-6-8-12(11)17-13-15-10(2)9-16-13/h9,11-12,14H,3-8H2,1-2H3. The Balaban J connectivity index is 1.99. The summed E-state index contributed by atoms with van der Waals surface area (Å²) in [6.07, 6.45) is 8.33. The highest BCUT2D eigenvalue weighted by molar-refractivity contribution is 7.99. The molecule has 0 bridgehead atoms. The van der Waals surface area contributed by atoms with E-state index < -0.39 is 0 Å². The molecule has 1 heterocycles. The third-order valence-corrected chi connectivity index (χ3v) is 4.53. The summed E-state index contributed by atoms with van der Waals surface area (Å²) in [4.78, 5) is 4.40. The Labute approximate surface area is 108 Å². The van der Waals surface area contributed by atoms with E-state index in [1.54, 1.807) is 18.0 Å². The SMILES string of the molecule is CCNC1CCCCCC1Sc1nc(C)co1. The Bertz CT molecular complexity index is 340. The van der Waals surface area contributed by atoms with Crippen molar-refractivity contribution in [1.82, 2.24) is 10.3 Å². The van der Waals surface area contributed by atoms with Crippen LogP contribution in [-0.2, 0) is 0 Å². The van der Waals surface area contributed by atoms with E-state index in [2.05, 4.69) is 17.2 Å². The number of oxazole rings is 1. The average Bonchev–Trinajstić information content (AvgIpc) is 2.58. The maximum atomic E-state index is 5.46. The second-order valence-corrected chi connectivity index (χ2v) is 5.90. The smallest absolute Gasteiger partial charge is 0.256 e. The molecule has 0 spiro atoms. The second-order valence-electron chi connectivity index (χ2n) is 4.71. The highest BCUT2D eigenvalue weighted by Crippen LogP contribution is 2.32. The van der Waals surface area contributed by atoms with E-state index in [1.165, 1.54) is 32.1 Å². The number of nitrogens with one attached hydrogen (secondary N) is 1. The Morgan fingerprint density at radius 2 is 2.24 bits per heavy atom. The predicted octanol–water partition coefficient (Wildman–Crippen LogP) is 3.39. The zero-order valence-electron chi connectivity index (χ0n) is 10.7. The lowest BCUT2D eigenvalue weighted by Crippen LogP contribution is -2.37. The summed E-state index contributed by atoms with van der Waals surface area (Å²) in [5, 5.41) is 5.05. The van der Waals surface area contributed by atoms with Gasteiger partial charge in [0.15, 0.2) is 0 Å². The van der Waals surface area contributed by atoms with Crippen LogP contribution in [0.3, 0.4) is 0 Å². The molecule has 0 radical (unpaired) electrons. The Morgan fingerprint density at radius 1 is 1.41 bits per heavy atom. The van der Waals surface area contributed by atoms with Crippen LogP contribution in [0.5, 0.6) is 0 Å². The maximum Gasteiger partial charge on any atom is 0.256 e. The van der Waals surface area contributed by atoms with Gasteiger partial charge >= 0.3 is 0 Å². The Morgan fingerprint density at radius 3 is 2.94 bits per heavy atom. The van der Waals surface area contributed by atoms with Gasteiger partial charge in [-0.3, -0.25) is 0 Å². The first kappa shape index (κ1) is 13.0. The van der Waals surface area contributed by atoms with Crippen LogP contribution in [0.1, 0.15) is 44.7 Å². The molecule has 17 heavy (non-hydrogen) atoms. The molecule has 1 aromatic rings. The van der Waals surface area contributed by atoms with Crippen LogP contribution in [0, 0.1) is 6.92 Å². The number of nitrogens with zero attached hydrogens (tertiary/aromatic N) is 1. The van der Waals surface area contributed by atoms with Crippen LogP contribution >= 0.6 is 11.8 Å². The molecule has 0 amide bonds. The van der Waals surface area contributed by atoms with Crippen molar-refractivity contribution in [1.29, 1.82) is 0 Å². The number of hydrogen-bond acceptors (Lipinski definition) is 4. The minimum absolute atomic E-state index is 0.607. The van der Waals surface area contributed by atoms with Gasteiger partial charge in [0.1, 0.15) is 6.26 Å². The molecule has 0 saturated heterocycles. The number of hydrogen-bond donors (Lipinski definition) is 1. The monoisotopic (exact) mass is 254 g/mol. The van der Waals surface area contributed by atoms with Gasteiger partial charge in [-0.2, -0.15) is 0 Å². The summed E-state index contributed by atoms with van der Waals surface area (Å²) in [6, 6.07) is 0.611. The first-order chi connectivity index (χ1) is 8.29. The van der Waals surface area contributed by atoms with Crippen molar-refractivity contribution in [3.8, 4) is 0 Å². The Hall–Kier alpha value is -0.480. The average molecular weight is 254 g/mol. The van der Waals surface area contributed by atoms with Crippen molar-refractivity contribution in [3.63, 3.8) is 0 Å². The van der Waals surface area contributed by atoms with E-state index in [1.807, 2.05) is 6.92 Å². The van der Waals surface area contributed by atoms with Crippen molar-refractivity contribution >= 4 is 11.8 Å². The predicted molar refractivity (Wildman–Crippen MR) is 71.4 cm³/mol. The molecule has 2 unspecified atom stereocenters. The lowest BCUT2D eigenvalue weighted by molar-refractivity contribution is 0.443. The second kappa shape index (κ2) is 6.45. The van der Waals surface area contributed by atoms with Crippen LogP contribution in [0.25, 0.3) is 0 Å². The number of thioether (sulfide) groups is 1. The van der Waals surface area contributed by atoms with Crippen LogP contribution in [0.15, 0.2) is 15.9 Å². The quantitative estimate of drug-likeness (QED) is 0.836. The Kier molecular flexibility index (Phi) is 4.92. The topological polar surface area (TPSA) is 38.1 Å². The summed E-state index contributed by atoms with van der Waals surface area (Å²) in [5.74, 6) is 0. The normalized spacial score (nSPS) is 25.8. The molecule has 96 valence electrons. The summed E-state index contributed by atoms with van der Waals surface area (Å²) < 4.78 is 5.46. The highest BCUT2D eigenvalue weighted by Gasteiger charge is 2.25. The summed E-state index contributed by atoms with van der Waals surface area (Å²) in [5.41, 5.74) is 0.973. The molecule has 1 aliphatic carbocycles. The van der Waals surface area contributed by atoms with E-state index in [0.717, 1.165) is 17.5 Å². The first-order valence-corrected chi connectivity index (χ1v) is 7.49. The van der Waals surface area contributed by atoms with Crippen molar-refractivity contribution in [2.45, 2.75) is 62.5 Å². The molecule has 0 aliphatic heterocycles. The van der Waals surface area contributed by atoms with E-state index in [9.17, 15) is 0 Å². The third kappa shape index (κ3) is 3.75. The molecule has 4 heteroatoms. The molecule has 2 atom stereocenters. The van der Waals surface area contributed by atoms with Crippen molar-refractivity contribution in [2.75, 3.05) is 6.54 Å². The molecular weight excluding hydrogens is 232 g/mol. The molecular formula is C13H22N2OS.